The molecule has 0 saturated carbocycles. The molecule has 1 aromatic carbocycles. The summed E-state index contributed by atoms with van der Waals surface area (Å²) in [5, 5.41) is 1.30. The van der Waals surface area contributed by atoms with Gasteiger partial charge in [0.1, 0.15) is 0 Å². The highest BCUT2D eigenvalue weighted by atomic mass is 16.2. The molecule has 0 aliphatic carbocycles. The topological polar surface area (TPSA) is 49.4 Å². The summed E-state index contributed by atoms with van der Waals surface area (Å²) >= 11 is 0. The average Bonchev–Trinajstić information content (AvgIpc) is 2.23. The average molecular weight is 190 g/mol. The third-order valence-electron chi connectivity index (χ3n) is 2.27. The highest BCUT2D eigenvalue weighted by molar-refractivity contribution is 5.96. The number of benzene rings is 1. The van der Waals surface area contributed by atoms with Crippen molar-refractivity contribution in [3.05, 3.63) is 29.8 Å². The van der Waals surface area contributed by atoms with E-state index < -0.39 is 0 Å². The van der Waals surface area contributed by atoms with Crippen molar-refractivity contribution in [1.29, 1.82) is 0 Å². The van der Waals surface area contributed by atoms with Crippen LogP contribution >= 0.6 is 0 Å². The molecule has 0 spiro atoms. The molecule has 4 nitrogen and oxygen atoms in total. The van der Waals surface area contributed by atoms with Gasteiger partial charge >= 0.3 is 0 Å². The SMILES string of the molecule is O=CNN1C(=O)CCc2ccccc21. The summed E-state index contributed by atoms with van der Waals surface area (Å²) in [6, 6.07) is 7.55. The first-order valence-electron chi connectivity index (χ1n) is 4.43. The zero-order valence-electron chi connectivity index (χ0n) is 7.56. The molecule has 2 rings (SSSR count). The second-order valence-electron chi connectivity index (χ2n) is 3.10. The third kappa shape index (κ3) is 1.35. The molecule has 1 N–H and O–H groups in total. The number of rotatable bonds is 2. The first-order valence-corrected chi connectivity index (χ1v) is 4.43. The lowest BCUT2D eigenvalue weighted by atomic mass is 10.0. The molecule has 1 aliphatic rings. The van der Waals surface area contributed by atoms with Crippen molar-refractivity contribution < 1.29 is 9.59 Å². The summed E-state index contributed by atoms with van der Waals surface area (Å²) in [7, 11) is 0. The Morgan fingerprint density at radius 1 is 1.29 bits per heavy atom. The van der Waals surface area contributed by atoms with Crippen LogP contribution in [0.3, 0.4) is 0 Å². The maximum Gasteiger partial charge on any atom is 0.246 e. The largest absolute Gasteiger partial charge is 0.277 e. The van der Waals surface area contributed by atoms with Crippen LogP contribution in [0.15, 0.2) is 24.3 Å². The summed E-state index contributed by atoms with van der Waals surface area (Å²) in [5.74, 6) is -0.0733. The zero-order chi connectivity index (χ0) is 9.97. The normalized spacial score (nSPS) is 14.9. The number of carbonyl (C=O) groups is 2. The van der Waals surface area contributed by atoms with E-state index >= 15 is 0 Å². The highest BCUT2D eigenvalue weighted by Gasteiger charge is 2.22. The molecule has 4 heteroatoms. The second-order valence-corrected chi connectivity index (χ2v) is 3.10. The first kappa shape index (κ1) is 8.74. The van der Waals surface area contributed by atoms with E-state index in [-0.39, 0.29) is 5.91 Å². The van der Waals surface area contributed by atoms with Gasteiger partial charge in [-0.1, -0.05) is 18.2 Å². The predicted molar refractivity (Wildman–Crippen MR) is 51.4 cm³/mol. The zero-order valence-corrected chi connectivity index (χ0v) is 7.56. The number of nitrogens with zero attached hydrogens (tertiary/aromatic N) is 1. The minimum atomic E-state index is -0.0733. The summed E-state index contributed by atoms with van der Waals surface area (Å²) < 4.78 is 0. The van der Waals surface area contributed by atoms with Crippen LogP contribution in [0.2, 0.25) is 0 Å². The van der Waals surface area contributed by atoms with Gasteiger partial charge in [-0.15, -0.1) is 0 Å². The van der Waals surface area contributed by atoms with Crippen LogP contribution < -0.4 is 10.4 Å². The molecule has 72 valence electrons. The Morgan fingerprint density at radius 3 is 2.86 bits per heavy atom. The molecule has 0 fully saturated rings. The Labute approximate surface area is 81.5 Å². The van der Waals surface area contributed by atoms with Gasteiger partial charge in [0.25, 0.3) is 0 Å². The number of fused-ring (bicyclic) bond motifs is 1. The van der Waals surface area contributed by atoms with Gasteiger partial charge in [-0.05, 0) is 18.1 Å². The number of hydrogen-bond acceptors (Lipinski definition) is 2. The number of aryl methyl sites for hydroxylation is 1. The third-order valence-corrected chi connectivity index (χ3v) is 2.27. The van der Waals surface area contributed by atoms with Crippen LogP contribution in [0.5, 0.6) is 0 Å². The fraction of sp³-hybridized carbons (Fsp3) is 0.200. The highest BCUT2D eigenvalue weighted by Crippen LogP contribution is 2.25. The van der Waals surface area contributed by atoms with Gasteiger partial charge in [0.05, 0.1) is 5.69 Å². The second kappa shape index (κ2) is 3.49. The van der Waals surface area contributed by atoms with E-state index in [0.717, 1.165) is 17.7 Å². The smallest absolute Gasteiger partial charge is 0.246 e. The van der Waals surface area contributed by atoms with Crippen LogP contribution in [0.25, 0.3) is 0 Å². The van der Waals surface area contributed by atoms with E-state index in [1.807, 2.05) is 24.3 Å². The van der Waals surface area contributed by atoms with Gasteiger partial charge in [-0.25, -0.2) is 5.01 Å². The Hall–Kier alpha value is -1.84. The fourth-order valence-electron chi connectivity index (χ4n) is 1.62. The van der Waals surface area contributed by atoms with Gasteiger partial charge in [-0.2, -0.15) is 0 Å². The lowest BCUT2D eigenvalue weighted by Gasteiger charge is -2.27. The number of nitrogens with one attached hydrogen (secondary N) is 1. The Bertz CT molecular complexity index is 376. The van der Waals surface area contributed by atoms with E-state index in [2.05, 4.69) is 5.43 Å². The Kier molecular flexibility index (Phi) is 2.18. The van der Waals surface area contributed by atoms with Crippen LogP contribution in [-0.4, -0.2) is 12.3 Å². The number of amides is 2. The first-order chi connectivity index (χ1) is 6.83. The van der Waals surface area contributed by atoms with Crippen molar-refractivity contribution in [2.24, 2.45) is 0 Å². The van der Waals surface area contributed by atoms with Crippen LogP contribution in [0.1, 0.15) is 12.0 Å². The number of hydrazine groups is 1. The van der Waals surface area contributed by atoms with Crippen molar-refractivity contribution in [1.82, 2.24) is 5.43 Å². The molecule has 0 bridgehead atoms. The van der Waals surface area contributed by atoms with E-state index in [1.54, 1.807) is 0 Å². The molecule has 14 heavy (non-hydrogen) atoms. The van der Waals surface area contributed by atoms with Crippen molar-refractivity contribution >= 4 is 18.0 Å². The number of anilines is 1. The summed E-state index contributed by atoms with van der Waals surface area (Å²) in [6.07, 6.45) is 1.70. The number of carbonyl (C=O) groups excluding carboxylic acids is 2. The van der Waals surface area contributed by atoms with Gasteiger partial charge in [0, 0.05) is 6.42 Å². The molecule has 1 heterocycles. The fourth-order valence-corrected chi connectivity index (χ4v) is 1.62. The Balaban J connectivity index is 2.40. The van der Waals surface area contributed by atoms with Gasteiger partial charge in [0.2, 0.25) is 12.3 Å². The van der Waals surface area contributed by atoms with E-state index in [0.29, 0.717) is 12.8 Å². The van der Waals surface area contributed by atoms with Crippen LogP contribution in [-0.2, 0) is 16.0 Å². The van der Waals surface area contributed by atoms with E-state index in [9.17, 15) is 9.59 Å². The van der Waals surface area contributed by atoms with Gasteiger partial charge in [-0.3, -0.25) is 15.0 Å². The number of hydrogen-bond donors (Lipinski definition) is 1. The van der Waals surface area contributed by atoms with Crippen molar-refractivity contribution in [3.8, 4) is 0 Å². The monoisotopic (exact) mass is 190 g/mol. The van der Waals surface area contributed by atoms with Crippen molar-refractivity contribution in [3.63, 3.8) is 0 Å². The van der Waals surface area contributed by atoms with Crippen molar-refractivity contribution in [2.75, 3.05) is 5.01 Å². The van der Waals surface area contributed by atoms with Crippen molar-refractivity contribution in [2.45, 2.75) is 12.8 Å². The molecule has 0 radical (unpaired) electrons. The molecule has 0 aromatic heterocycles. The minimum absolute atomic E-state index is 0.0733. The Morgan fingerprint density at radius 2 is 2.07 bits per heavy atom. The van der Waals surface area contributed by atoms with E-state index in [1.165, 1.54) is 5.01 Å². The quantitative estimate of drug-likeness (QED) is 0.695. The van der Waals surface area contributed by atoms with Crippen LogP contribution in [0.4, 0.5) is 5.69 Å². The molecule has 0 unspecified atom stereocenters. The molecule has 2 amide bonds. The lowest BCUT2D eigenvalue weighted by molar-refractivity contribution is -0.121. The minimum Gasteiger partial charge on any atom is -0.277 e. The molecule has 0 atom stereocenters. The molecular formula is C10H10N2O2. The van der Waals surface area contributed by atoms with Crippen LogP contribution in [0, 0.1) is 0 Å². The van der Waals surface area contributed by atoms with Gasteiger partial charge in [0.15, 0.2) is 0 Å². The maximum absolute atomic E-state index is 11.5. The predicted octanol–water partition coefficient (Wildman–Crippen LogP) is 0.627. The standard InChI is InChI=1S/C10H10N2O2/c13-7-11-12-9-4-2-1-3-8(9)5-6-10(12)14/h1-4,7H,5-6H2,(H,11,13). The summed E-state index contributed by atoms with van der Waals surface area (Å²) in [4.78, 5) is 21.8. The maximum atomic E-state index is 11.5. The summed E-state index contributed by atoms with van der Waals surface area (Å²) in [6.45, 7) is 0. The molecular weight excluding hydrogens is 180 g/mol. The van der Waals surface area contributed by atoms with E-state index in [4.69, 9.17) is 0 Å². The lowest BCUT2D eigenvalue weighted by Crippen LogP contribution is -2.45. The molecule has 0 saturated heterocycles. The van der Waals surface area contributed by atoms with Gasteiger partial charge < -0.3 is 0 Å². The molecule has 1 aromatic rings. The molecule has 1 aliphatic heterocycles. The summed E-state index contributed by atoms with van der Waals surface area (Å²) in [5.41, 5.74) is 4.25. The number of para-hydroxylation sites is 1.